The highest BCUT2D eigenvalue weighted by molar-refractivity contribution is 7.99. The highest BCUT2D eigenvalue weighted by atomic mass is 32.2. The average Bonchev–Trinajstić information content (AvgIpc) is 3.29. The summed E-state index contributed by atoms with van der Waals surface area (Å²) >= 11 is 2.02. The molecule has 0 bridgehead atoms. The molecule has 4 rings (SSSR count). The molecule has 0 aliphatic carbocycles. The summed E-state index contributed by atoms with van der Waals surface area (Å²) < 4.78 is 5.47. The lowest BCUT2D eigenvalue weighted by Crippen LogP contribution is -2.32. The zero-order chi connectivity index (χ0) is 22.9. The quantitative estimate of drug-likeness (QED) is 0.480. The van der Waals surface area contributed by atoms with Crippen LogP contribution < -0.4 is 5.32 Å². The van der Waals surface area contributed by atoms with E-state index in [4.69, 9.17) is 4.52 Å². The largest absolute Gasteiger partial charge is 0.361 e. The molecule has 1 fully saturated rings. The van der Waals surface area contributed by atoms with Crippen molar-refractivity contribution in [2.75, 3.05) is 50.0 Å². The van der Waals surface area contributed by atoms with E-state index in [9.17, 15) is 4.79 Å². The Labute approximate surface area is 200 Å². The van der Waals surface area contributed by atoms with Crippen LogP contribution in [-0.2, 0) is 17.8 Å². The van der Waals surface area contributed by atoms with E-state index in [2.05, 4.69) is 27.5 Å². The van der Waals surface area contributed by atoms with Gasteiger partial charge >= 0.3 is 0 Å². The molecule has 1 aromatic heterocycles. The van der Waals surface area contributed by atoms with E-state index >= 15 is 0 Å². The predicted molar refractivity (Wildman–Crippen MR) is 135 cm³/mol. The number of nitrogens with one attached hydrogen (secondary N) is 1. The Morgan fingerprint density at radius 1 is 1.12 bits per heavy atom. The molecule has 3 aromatic rings. The lowest BCUT2D eigenvalue weighted by atomic mass is 10.1. The number of carbonyl (C=O) groups is 1. The van der Waals surface area contributed by atoms with Gasteiger partial charge in [-0.1, -0.05) is 47.6 Å². The first-order chi connectivity index (χ1) is 16.2. The summed E-state index contributed by atoms with van der Waals surface area (Å²) in [4.78, 5) is 17.0. The number of rotatable bonds is 10. The van der Waals surface area contributed by atoms with Gasteiger partial charge in [0, 0.05) is 54.9 Å². The number of hydrogen-bond donors (Lipinski definition) is 1. The van der Waals surface area contributed by atoms with Gasteiger partial charge in [0.25, 0.3) is 0 Å². The Kier molecular flexibility index (Phi) is 8.58. The first kappa shape index (κ1) is 23.5. The summed E-state index contributed by atoms with van der Waals surface area (Å²) in [6, 6.07) is 20.2. The molecular formula is C26H32N4O2S. The molecule has 1 aliphatic rings. The van der Waals surface area contributed by atoms with E-state index in [1.807, 2.05) is 72.2 Å². The van der Waals surface area contributed by atoms with Crippen LogP contribution in [0.25, 0.3) is 11.3 Å². The van der Waals surface area contributed by atoms with Crippen molar-refractivity contribution in [1.29, 1.82) is 0 Å². The van der Waals surface area contributed by atoms with Gasteiger partial charge < -0.3 is 9.84 Å². The van der Waals surface area contributed by atoms with Crippen molar-refractivity contribution in [1.82, 2.24) is 15.0 Å². The summed E-state index contributed by atoms with van der Waals surface area (Å²) in [5.41, 5.74) is 4.03. The average molecular weight is 465 g/mol. The van der Waals surface area contributed by atoms with E-state index in [0.717, 1.165) is 61.7 Å². The molecule has 1 N–H and O–H groups in total. The van der Waals surface area contributed by atoms with Crippen LogP contribution in [0.15, 0.2) is 65.2 Å². The fourth-order valence-corrected chi connectivity index (χ4v) is 4.97. The minimum Gasteiger partial charge on any atom is -0.361 e. The minimum atomic E-state index is 0.00931. The molecule has 0 atom stereocenters. The van der Waals surface area contributed by atoms with Gasteiger partial charge in [-0.2, -0.15) is 11.8 Å². The first-order valence-corrected chi connectivity index (χ1v) is 12.7. The van der Waals surface area contributed by atoms with Crippen molar-refractivity contribution < 1.29 is 9.32 Å². The second-order valence-electron chi connectivity index (χ2n) is 8.52. The highest BCUT2D eigenvalue weighted by Gasteiger charge is 2.12. The number of thioether (sulfide) groups is 1. The number of amides is 1. The summed E-state index contributed by atoms with van der Waals surface area (Å²) in [5, 5.41) is 7.21. The molecule has 0 saturated carbocycles. The number of carbonyl (C=O) groups excluding carboxylic acids is 1. The van der Waals surface area contributed by atoms with Crippen LogP contribution in [0.4, 0.5) is 5.69 Å². The number of hydrogen-bond acceptors (Lipinski definition) is 6. The molecule has 0 unspecified atom stereocenters. The maximum Gasteiger partial charge on any atom is 0.238 e. The molecule has 2 heterocycles. The number of likely N-dealkylation sites (N-methyl/N-ethyl adjacent to an activating group) is 1. The van der Waals surface area contributed by atoms with Gasteiger partial charge in [-0.3, -0.25) is 14.6 Å². The molecule has 1 saturated heterocycles. The fraction of sp³-hybridized carbons (Fsp3) is 0.385. The van der Waals surface area contributed by atoms with Crippen molar-refractivity contribution in [2.24, 2.45) is 0 Å². The molecule has 7 heteroatoms. The molecule has 33 heavy (non-hydrogen) atoms. The van der Waals surface area contributed by atoms with Gasteiger partial charge in [0.05, 0.1) is 6.54 Å². The predicted octanol–water partition coefficient (Wildman–Crippen LogP) is 4.39. The Morgan fingerprint density at radius 2 is 1.94 bits per heavy atom. The van der Waals surface area contributed by atoms with E-state index in [0.29, 0.717) is 6.54 Å². The Morgan fingerprint density at radius 3 is 2.76 bits per heavy atom. The van der Waals surface area contributed by atoms with E-state index in [1.165, 1.54) is 17.1 Å². The van der Waals surface area contributed by atoms with E-state index < -0.39 is 0 Å². The zero-order valence-corrected chi connectivity index (χ0v) is 20.0. The summed E-state index contributed by atoms with van der Waals surface area (Å²) in [7, 11) is 1.97. The van der Waals surface area contributed by atoms with Gasteiger partial charge in [0.2, 0.25) is 5.91 Å². The topological polar surface area (TPSA) is 61.6 Å². The maximum atomic E-state index is 12.5. The molecule has 0 spiro atoms. The SMILES string of the molecule is CN(CCCc1cc(-c2ccccc2)no1)CC(=O)Nc1cccc(CN2CCSCC2)c1. The van der Waals surface area contributed by atoms with Crippen molar-refractivity contribution in [3.05, 3.63) is 72.0 Å². The summed E-state index contributed by atoms with van der Waals surface area (Å²) in [5.74, 6) is 3.28. The van der Waals surface area contributed by atoms with Gasteiger partial charge in [-0.05, 0) is 37.7 Å². The molecule has 6 nitrogen and oxygen atoms in total. The van der Waals surface area contributed by atoms with Gasteiger partial charge in [0.15, 0.2) is 0 Å². The molecule has 0 radical (unpaired) electrons. The Hall–Kier alpha value is -2.61. The second-order valence-corrected chi connectivity index (χ2v) is 9.75. The summed E-state index contributed by atoms with van der Waals surface area (Å²) in [6.45, 7) is 4.38. The van der Waals surface area contributed by atoms with Crippen LogP contribution in [0.5, 0.6) is 0 Å². The van der Waals surface area contributed by atoms with Crippen LogP contribution in [0.1, 0.15) is 17.7 Å². The molecule has 1 amide bonds. The van der Waals surface area contributed by atoms with E-state index in [-0.39, 0.29) is 5.91 Å². The van der Waals surface area contributed by atoms with Crippen molar-refractivity contribution in [3.8, 4) is 11.3 Å². The Bertz CT molecular complexity index is 1020. The van der Waals surface area contributed by atoms with Gasteiger partial charge in [-0.25, -0.2) is 0 Å². The van der Waals surface area contributed by atoms with Crippen LogP contribution in [0.2, 0.25) is 0 Å². The van der Waals surface area contributed by atoms with Crippen molar-refractivity contribution in [2.45, 2.75) is 19.4 Å². The maximum absolute atomic E-state index is 12.5. The number of benzene rings is 2. The smallest absolute Gasteiger partial charge is 0.238 e. The third kappa shape index (κ3) is 7.45. The monoisotopic (exact) mass is 464 g/mol. The van der Waals surface area contributed by atoms with Gasteiger partial charge in [-0.15, -0.1) is 0 Å². The molecule has 1 aliphatic heterocycles. The zero-order valence-electron chi connectivity index (χ0n) is 19.2. The number of aromatic nitrogens is 1. The van der Waals surface area contributed by atoms with Crippen LogP contribution in [0, 0.1) is 0 Å². The normalized spacial score (nSPS) is 14.5. The van der Waals surface area contributed by atoms with Crippen molar-refractivity contribution >= 4 is 23.4 Å². The van der Waals surface area contributed by atoms with Crippen LogP contribution in [0.3, 0.4) is 0 Å². The minimum absolute atomic E-state index is 0.00931. The third-order valence-electron chi connectivity index (χ3n) is 5.73. The molecule has 174 valence electrons. The molecular weight excluding hydrogens is 432 g/mol. The van der Waals surface area contributed by atoms with Crippen LogP contribution >= 0.6 is 11.8 Å². The lowest BCUT2D eigenvalue weighted by Gasteiger charge is -2.26. The number of aryl methyl sites for hydroxylation is 1. The van der Waals surface area contributed by atoms with Crippen LogP contribution in [-0.4, -0.2) is 65.6 Å². The first-order valence-electron chi connectivity index (χ1n) is 11.5. The van der Waals surface area contributed by atoms with E-state index in [1.54, 1.807) is 0 Å². The summed E-state index contributed by atoms with van der Waals surface area (Å²) in [6.07, 6.45) is 1.69. The molecule has 2 aromatic carbocycles. The third-order valence-corrected chi connectivity index (χ3v) is 6.67. The standard InChI is InChI=1S/C26H32N4O2S/c1-29(12-6-11-24-18-25(28-32-24)22-8-3-2-4-9-22)20-26(31)27-23-10-5-7-21(17-23)19-30-13-15-33-16-14-30/h2-5,7-10,17-18H,6,11-16,19-20H2,1H3,(H,27,31). The Balaban J connectivity index is 1.18. The number of nitrogens with zero attached hydrogens (tertiary/aromatic N) is 3. The van der Waals surface area contributed by atoms with Crippen molar-refractivity contribution in [3.63, 3.8) is 0 Å². The second kappa shape index (κ2) is 12.0. The fourth-order valence-electron chi connectivity index (χ4n) is 3.99. The van der Waals surface area contributed by atoms with Gasteiger partial charge in [0.1, 0.15) is 11.5 Å². The lowest BCUT2D eigenvalue weighted by molar-refractivity contribution is -0.117. The number of anilines is 1. The highest BCUT2D eigenvalue weighted by Crippen LogP contribution is 2.19.